The molecular formula is C18H18N4O2. The second-order valence-corrected chi connectivity index (χ2v) is 5.93. The second kappa shape index (κ2) is 6.31. The predicted octanol–water partition coefficient (Wildman–Crippen LogP) is 2.64. The van der Waals surface area contributed by atoms with Gasteiger partial charge in [-0.1, -0.05) is 18.2 Å². The van der Waals surface area contributed by atoms with E-state index in [0.29, 0.717) is 24.7 Å². The number of aromatic amines is 1. The monoisotopic (exact) mass is 322 g/mol. The van der Waals surface area contributed by atoms with E-state index in [-0.39, 0.29) is 12.0 Å². The Bertz CT molecular complexity index is 805. The fraction of sp³-hybridized carbons (Fsp3) is 0.278. The summed E-state index contributed by atoms with van der Waals surface area (Å²) in [7, 11) is 0. The number of amides is 1. The number of likely N-dealkylation sites (tertiary alicyclic amines) is 1. The first-order chi connectivity index (χ1) is 11.8. The summed E-state index contributed by atoms with van der Waals surface area (Å²) in [5, 5.41) is 1.06. The highest BCUT2D eigenvalue weighted by atomic mass is 16.5. The van der Waals surface area contributed by atoms with Gasteiger partial charge < -0.3 is 14.6 Å². The van der Waals surface area contributed by atoms with E-state index >= 15 is 0 Å². The summed E-state index contributed by atoms with van der Waals surface area (Å²) >= 11 is 0. The van der Waals surface area contributed by atoms with Crippen molar-refractivity contribution >= 4 is 16.8 Å². The summed E-state index contributed by atoms with van der Waals surface area (Å²) in [6, 6.07) is 11.6. The van der Waals surface area contributed by atoms with Crippen molar-refractivity contribution in [2.75, 3.05) is 13.1 Å². The zero-order chi connectivity index (χ0) is 16.4. The van der Waals surface area contributed by atoms with E-state index in [1.165, 1.54) is 6.33 Å². The molecule has 0 aliphatic carbocycles. The molecule has 6 heteroatoms. The zero-order valence-electron chi connectivity index (χ0n) is 13.2. The topological polar surface area (TPSA) is 71.1 Å². The average Bonchev–Trinajstić information content (AvgIpc) is 3.07. The van der Waals surface area contributed by atoms with E-state index in [2.05, 4.69) is 15.0 Å². The molecule has 24 heavy (non-hydrogen) atoms. The van der Waals surface area contributed by atoms with Gasteiger partial charge in [0.2, 0.25) is 5.88 Å². The average molecular weight is 322 g/mol. The van der Waals surface area contributed by atoms with E-state index in [1.807, 2.05) is 35.2 Å². The number of ether oxygens (including phenoxy) is 1. The molecule has 3 heterocycles. The highest BCUT2D eigenvalue weighted by molar-refractivity contribution is 5.98. The van der Waals surface area contributed by atoms with E-state index < -0.39 is 0 Å². The summed E-state index contributed by atoms with van der Waals surface area (Å²) < 4.78 is 5.84. The second-order valence-electron chi connectivity index (χ2n) is 5.93. The third-order valence-corrected chi connectivity index (χ3v) is 4.33. The van der Waals surface area contributed by atoms with Gasteiger partial charge in [-0.25, -0.2) is 9.97 Å². The van der Waals surface area contributed by atoms with Crippen LogP contribution in [0.4, 0.5) is 0 Å². The quantitative estimate of drug-likeness (QED) is 0.805. The van der Waals surface area contributed by atoms with Crippen LogP contribution >= 0.6 is 0 Å². The Labute approximate surface area is 139 Å². The minimum atomic E-state index is 0.0479. The van der Waals surface area contributed by atoms with Crippen molar-refractivity contribution in [3.8, 4) is 5.88 Å². The Morgan fingerprint density at radius 3 is 2.79 bits per heavy atom. The van der Waals surface area contributed by atoms with Gasteiger partial charge in [-0.15, -0.1) is 0 Å². The normalized spacial score (nSPS) is 15.6. The lowest BCUT2D eigenvalue weighted by atomic mass is 10.1. The van der Waals surface area contributed by atoms with Gasteiger partial charge in [0.25, 0.3) is 5.91 Å². The minimum Gasteiger partial charge on any atom is -0.474 e. The Kier molecular flexibility index (Phi) is 3.86. The predicted molar refractivity (Wildman–Crippen MR) is 89.9 cm³/mol. The zero-order valence-corrected chi connectivity index (χ0v) is 13.2. The van der Waals surface area contributed by atoms with Crippen LogP contribution in [0.1, 0.15) is 23.3 Å². The maximum atomic E-state index is 12.7. The van der Waals surface area contributed by atoms with Crippen molar-refractivity contribution in [1.82, 2.24) is 19.9 Å². The number of piperidine rings is 1. The summed E-state index contributed by atoms with van der Waals surface area (Å²) in [4.78, 5) is 25.7. The highest BCUT2D eigenvalue weighted by Crippen LogP contribution is 2.20. The number of carbonyl (C=O) groups is 1. The van der Waals surface area contributed by atoms with Crippen molar-refractivity contribution in [2.24, 2.45) is 0 Å². The van der Waals surface area contributed by atoms with E-state index in [1.54, 1.807) is 12.3 Å². The van der Waals surface area contributed by atoms with Crippen LogP contribution in [0.3, 0.4) is 0 Å². The Morgan fingerprint density at radius 1 is 1.21 bits per heavy atom. The number of aromatic nitrogens is 3. The summed E-state index contributed by atoms with van der Waals surface area (Å²) in [5.74, 6) is 0.636. The van der Waals surface area contributed by atoms with Crippen molar-refractivity contribution < 1.29 is 9.53 Å². The van der Waals surface area contributed by atoms with Crippen LogP contribution in [0, 0.1) is 0 Å². The van der Waals surface area contributed by atoms with Crippen LogP contribution in [0.2, 0.25) is 0 Å². The maximum absolute atomic E-state index is 12.7. The Hall–Kier alpha value is -2.89. The lowest BCUT2D eigenvalue weighted by molar-refractivity contribution is 0.0583. The van der Waals surface area contributed by atoms with Crippen LogP contribution in [-0.2, 0) is 0 Å². The van der Waals surface area contributed by atoms with Gasteiger partial charge in [-0.2, -0.15) is 0 Å². The van der Waals surface area contributed by atoms with Gasteiger partial charge in [0.1, 0.15) is 18.1 Å². The van der Waals surface area contributed by atoms with Crippen LogP contribution in [-0.4, -0.2) is 45.0 Å². The molecule has 0 spiro atoms. The minimum absolute atomic E-state index is 0.0479. The summed E-state index contributed by atoms with van der Waals surface area (Å²) in [5.41, 5.74) is 1.63. The fourth-order valence-corrected chi connectivity index (χ4v) is 3.05. The first-order valence-corrected chi connectivity index (χ1v) is 8.09. The van der Waals surface area contributed by atoms with E-state index in [0.717, 1.165) is 23.7 Å². The molecule has 1 saturated heterocycles. The van der Waals surface area contributed by atoms with E-state index in [9.17, 15) is 4.79 Å². The molecule has 0 saturated carbocycles. The number of para-hydroxylation sites is 1. The molecule has 1 amide bonds. The number of nitrogens with one attached hydrogen (secondary N) is 1. The fourth-order valence-electron chi connectivity index (χ4n) is 3.05. The molecule has 0 bridgehead atoms. The maximum Gasteiger partial charge on any atom is 0.270 e. The first-order valence-electron chi connectivity index (χ1n) is 8.09. The van der Waals surface area contributed by atoms with Gasteiger partial charge >= 0.3 is 0 Å². The number of fused-ring (bicyclic) bond motifs is 1. The number of benzene rings is 1. The Balaban J connectivity index is 1.39. The van der Waals surface area contributed by atoms with Crippen LogP contribution < -0.4 is 4.74 Å². The first kappa shape index (κ1) is 14.7. The molecule has 1 N–H and O–H groups in total. The van der Waals surface area contributed by atoms with Crippen LogP contribution in [0.15, 0.2) is 48.9 Å². The lowest BCUT2D eigenvalue weighted by Gasteiger charge is -2.31. The molecule has 2 aromatic heterocycles. The van der Waals surface area contributed by atoms with Gasteiger partial charge in [0.15, 0.2) is 0 Å². The SMILES string of the molecule is O=C(c1cc2ccccc2[nH]1)N1CCC(Oc2ccncn2)CC1. The van der Waals surface area contributed by atoms with Crippen molar-refractivity contribution in [3.05, 3.63) is 54.6 Å². The lowest BCUT2D eigenvalue weighted by Crippen LogP contribution is -2.42. The van der Waals surface area contributed by atoms with Gasteiger partial charge in [0.05, 0.1) is 0 Å². The molecule has 1 aliphatic rings. The van der Waals surface area contributed by atoms with Gasteiger partial charge in [-0.3, -0.25) is 4.79 Å². The molecule has 1 aromatic carbocycles. The van der Waals surface area contributed by atoms with Crippen molar-refractivity contribution in [3.63, 3.8) is 0 Å². The number of H-pyrrole nitrogens is 1. The summed E-state index contributed by atoms with van der Waals surface area (Å²) in [6.45, 7) is 1.37. The molecule has 6 nitrogen and oxygen atoms in total. The van der Waals surface area contributed by atoms with Crippen LogP contribution in [0.5, 0.6) is 5.88 Å². The molecule has 3 aromatic rings. The molecule has 122 valence electrons. The third-order valence-electron chi connectivity index (χ3n) is 4.33. The summed E-state index contributed by atoms with van der Waals surface area (Å²) in [6.07, 6.45) is 4.83. The number of rotatable bonds is 3. The molecule has 1 fully saturated rings. The largest absolute Gasteiger partial charge is 0.474 e. The van der Waals surface area contributed by atoms with Crippen molar-refractivity contribution in [1.29, 1.82) is 0 Å². The molecule has 1 aliphatic heterocycles. The molecule has 4 rings (SSSR count). The Morgan fingerprint density at radius 2 is 2.04 bits per heavy atom. The highest BCUT2D eigenvalue weighted by Gasteiger charge is 2.25. The molecule has 0 atom stereocenters. The number of hydrogen-bond donors (Lipinski definition) is 1. The number of nitrogens with zero attached hydrogens (tertiary/aromatic N) is 3. The van der Waals surface area contributed by atoms with Crippen molar-refractivity contribution in [2.45, 2.75) is 18.9 Å². The third kappa shape index (κ3) is 2.95. The molecule has 0 unspecified atom stereocenters. The van der Waals surface area contributed by atoms with Gasteiger partial charge in [-0.05, 0) is 12.1 Å². The standard InChI is InChI=1S/C18H18N4O2/c23-18(16-11-13-3-1-2-4-15(13)21-16)22-9-6-14(7-10-22)24-17-5-8-19-12-20-17/h1-5,8,11-12,14,21H,6-7,9-10H2. The molecule has 0 radical (unpaired) electrons. The van der Waals surface area contributed by atoms with E-state index in [4.69, 9.17) is 4.74 Å². The van der Waals surface area contributed by atoms with Crippen LogP contribution in [0.25, 0.3) is 10.9 Å². The number of carbonyl (C=O) groups excluding carboxylic acids is 1. The van der Waals surface area contributed by atoms with Gasteiger partial charge in [0, 0.05) is 49.1 Å². The number of hydrogen-bond acceptors (Lipinski definition) is 4. The molecular weight excluding hydrogens is 304 g/mol. The smallest absolute Gasteiger partial charge is 0.270 e.